The topological polar surface area (TPSA) is 30.5 Å². The quantitative estimate of drug-likeness (QED) is 0.897. The van der Waals surface area contributed by atoms with Crippen molar-refractivity contribution in [1.29, 1.82) is 0 Å². The molecule has 1 aliphatic carbocycles. The number of hydrogen-bond donors (Lipinski definition) is 1. The number of benzene rings is 2. The zero-order chi connectivity index (χ0) is 14.7. The van der Waals surface area contributed by atoms with E-state index in [1.165, 1.54) is 18.4 Å². The SMILES string of the molecule is COc1ccc(NC2CC(c3cccc(OC)c3)C2)cc1. The Labute approximate surface area is 125 Å². The molecule has 0 aromatic heterocycles. The molecule has 1 aliphatic rings. The molecule has 0 spiro atoms. The maximum absolute atomic E-state index is 5.29. The van der Waals surface area contributed by atoms with Gasteiger partial charge in [-0.15, -0.1) is 0 Å². The van der Waals surface area contributed by atoms with Gasteiger partial charge in [0.1, 0.15) is 11.5 Å². The van der Waals surface area contributed by atoms with Gasteiger partial charge in [0.05, 0.1) is 14.2 Å². The number of rotatable bonds is 5. The highest BCUT2D eigenvalue weighted by Crippen LogP contribution is 2.39. The van der Waals surface area contributed by atoms with Crippen molar-refractivity contribution in [2.24, 2.45) is 0 Å². The zero-order valence-corrected chi connectivity index (χ0v) is 12.5. The Kier molecular flexibility index (Phi) is 4.00. The molecule has 1 saturated carbocycles. The second-order valence-electron chi connectivity index (χ2n) is 5.51. The maximum Gasteiger partial charge on any atom is 0.119 e. The summed E-state index contributed by atoms with van der Waals surface area (Å²) in [5.74, 6) is 2.47. The number of ether oxygens (including phenoxy) is 2. The molecular weight excluding hydrogens is 262 g/mol. The van der Waals surface area contributed by atoms with E-state index in [1.54, 1.807) is 14.2 Å². The summed E-state index contributed by atoms with van der Waals surface area (Å²) in [6.45, 7) is 0. The fourth-order valence-electron chi connectivity index (χ4n) is 2.83. The summed E-state index contributed by atoms with van der Waals surface area (Å²) < 4.78 is 10.5. The summed E-state index contributed by atoms with van der Waals surface area (Å²) in [6, 6.07) is 17.1. The van der Waals surface area contributed by atoms with Crippen molar-refractivity contribution in [3.8, 4) is 11.5 Å². The average molecular weight is 283 g/mol. The summed E-state index contributed by atoms with van der Waals surface area (Å²) in [7, 11) is 3.40. The van der Waals surface area contributed by atoms with Crippen molar-refractivity contribution >= 4 is 5.69 Å². The Balaban J connectivity index is 1.55. The highest BCUT2D eigenvalue weighted by molar-refractivity contribution is 5.48. The molecule has 0 atom stereocenters. The normalized spacial score (nSPS) is 20.5. The monoisotopic (exact) mass is 283 g/mol. The summed E-state index contributed by atoms with van der Waals surface area (Å²) in [6.07, 6.45) is 2.33. The smallest absolute Gasteiger partial charge is 0.119 e. The summed E-state index contributed by atoms with van der Waals surface area (Å²) in [5.41, 5.74) is 2.53. The Morgan fingerprint density at radius 3 is 2.29 bits per heavy atom. The summed E-state index contributed by atoms with van der Waals surface area (Å²) >= 11 is 0. The first-order chi connectivity index (χ1) is 10.3. The fourth-order valence-corrected chi connectivity index (χ4v) is 2.83. The van der Waals surface area contributed by atoms with E-state index < -0.39 is 0 Å². The molecule has 2 aromatic rings. The van der Waals surface area contributed by atoms with E-state index in [2.05, 4.69) is 35.6 Å². The van der Waals surface area contributed by atoms with Crippen LogP contribution in [0.15, 0.2) is 48.5 Å². The van der Waals surface area contributed by atoms with Crippen molar-refractivity contribution in [3.05, 3.63) is 54.1 Å². The summed E-state index contributed by atoms with van der Waals surface area (Å²) in [5, 5.41) is 3.57. The molecule has 110 valence electrons. The van der Waals surface area contributed by atoms with Crippen LogP contribution in [0.1, 0.15) is 24.3 Å². The first-order valence-electron chi connectivity index (χ1n) is 7.33. The second kappa shape index (κ2) is 6.08. The van der Waals surface area contributed by atoms with Crippen molar-refractivity contribution in [1.82, 2.24) is 0 Å². The lowest BCUT2D eigenvalue weighted by Gasteiger charge is -2.37. The van der Waals surface area contributed by atoms with Gasteiger partial charge in [0.15, 0.2) is 0 Å². The van der Waals surface area contributed by atoms with Crippen LogP contribution >= 0.6 is 0 Å². The average Bonchev–Trinajstić information content (AvgIpc) is 2.51. The Morgan fingerprint density at radius 1 is 0.905 bits per heavy atom. The van der Waals surface area contributed by atoms with Crippen LogP contribution in [0.25, 0.3) is 0 Å². The third-order valence-corrected chi connectivity index (χ3v) is 4.16. The van der Waals surface area contributed by atoms with E-state index in [1.807, 2.05) is 18.2 Å². The van der Waals surface area contributed by atoms with E-state index in [-0.39, 0.29) is 0 Å². The molecule has 0 bridgehead atoms. The Bertz CT molecular complexity index is 588. The molecule has 0 heterocycles. The van der Waals surface area contributed by atoms with Crippen LogP contribution < -0.4 is 14.8 Å². The first-order valence-corrected chi connectivity index (χ1v) is 7.33. The van der Waals surface area contributed by atoms with Crippen LogP contribution in [0.5, 0.6) is 11.5 Å². The number of hydrogen-bond acceptors (Lipinski definition) is 3. The predicted molar refractivity (Wildman–Crippen MR) is 85.4 cm³/mol. The van der Waals surface area contributed by atoms with Gasteiger partial charge in [-0.25, -0.2) is 0 Å². The van der Waals surface area contributed by atoms with Gasteiger partial charge < -0.3 is 14.8 Å². The molecule has 1 fully saturated rings. The fraction of sp³-hybridized carbons (Fsp3) is 0.333. The van der Waals surface area contributed by atoms with Gasteiger partial charge in [0.2, 0.25) is 0 Å². The molecule has 2 aromatic carbocycles. The van der Waals surface area contributed by atoms with E-state index >= 15 is 0 Å². The molecule has 0 unspecified atom stereocenters. The van der Waals surface area contributed by atoms with Crippen LogP contribution in [0.3, 0.4) is 0 Å². The maximum atomic E-state index is 5.29. The number of nitrogens with one attached hydrogen (secondary N) is 1. The molecule has 3 nitrogen and oxygen atoms in total. The molecular formula is C18H21NO2. The molecule has 0 saturated heterocycles. The second-order valence-corrected chi connectivity index (χ2v) is 5.51. The predicted octanol–water partition coefficient (Wildman–Crippen LogP) is 4.06. The summed E-state index contributed by atoms with van der Waals surface area (Å²) in [4.78, 5) is 0. The zero-order valence-electron chi connectivity index (χ0n) is 12.5. The van der Waals surface area contributed by atoms with Crippen molar-refractivity contribution < 1.29 is 9.47 Å². The van der Waals surface area contributed by atoms with Crippen molar-refractivity contribution in [2.45, 2.75) is 24.8 Å². The van der Waals surface area contributed by atoms with Gasteiger partial charge in [-0.05, 0) is 60.7 Å². The van der Waals surface area contributed by atoms with Crippen LogP contribution in [-0.4, -0.2) is 20.3 Å². The highest BCUT2D eigenvalue weighted by atomic mass is 16.5. The van der Waals surface area contributed by atoms with Crippen LogP contribution in [0.4, 0.5) is 5.69 Å². The number of methoxy groups -OCH3 is 2. The van der Waals surface area contributed by atoms with Gasteiger partial charge in [-0.2, -0.15) is 0 Å². The minimum atomic E-state index is 0.551. The van der Waals surface area contributed by atoms with Gasteiger partial charge in [0, 0.05) is 11.7 Å². The third-order valence-electron chi connectivity index (χ3n) is 4.16. The van der Waals surface area contributed by atoms with Gasteiger partial charge >= 0.3 is 0 Å². The standard InChI is InChI=1S/C18H21NO2/c1-20-17-8-6-15(7-9-17)19-16-10-14(11-16)13-4-3-5-18(12-13)21-2/h3-9,12,14,16,19H,10-11H2,1-2H3. The lowest BCUT2D eigenvalue weighted by Crippen LogP contribution is -2.33. The molecule has 3 rings (SSSR count). The van der Waals surface area contributed by atoms with Gasteiger partial charge in [-0.3, -0.25) is 0 Å². The van der Waals surface area contributed by atoms with Gasteiger partial charge in [0.25, 0.3) is 0 Å². The van der Waals surface area contributed by atoms with E-state index in [9.17, 15) is 0 Å². The molecule has 0 amide bonds. The number of anilines is 1. The van der Waals surface area contributed by atoms with Crippen LogP contribution in [0, 0.1) is 0 Å². The Hall–Kier alpha value is -2.16. The van der Waals surface area contributed by atoms with E-state index in [0.29, 0.717) is 12.0 Å². The lowest BCUT2D eigenvalue weighted by atomic mass is 9.76. The minimum absolute atomic E-state index is 0.551. The van der Waals surface area contributed by atoms with Gasteiger partial charge in [-0.1, -0.05) is 12.1 Å². The van der Waals surface area contributed by atoms with Crippen LogP contribution in [0.2, 0.25) is 0 Å². The Morgan fingerprint density at radius 2 is 1.62 bits per heavy atom. The third kappa shape index (κ3) is 3.13. The van der Waals surface area contributed by atoms with E-state index in [0.717, 1.165) is 17.2 Å². The first kappa shape index (κ1) is 13.8. The van der Waals surface area contributed by atoms with E-state index in [4.69, 9.17) is 9.47 Å². The molecule has 0 aliphatic heterocycles. The van der Waals surface area contributed by atoms with Crippen molar-refractivity contribution in [2.75, 3.05) is 19.5 Å². The van der Waals surface area contributed by atoms with Crippen molar-refractivity contribution in [3.63, 3.8) is 0 Å². The molecule has 21 heavy (non-hydrogen) atoms. The molecule has 3 heteroatoms. The molecule has 1 N–H and O–H groups in total. The lowest BCUT2D eigenvalue weighted by molar-refractivity contribution is 0.370. The molecule has 0 radical (unpaired) electrons. The van der Waals surface area contributed by atoms with Crippen LogP contribution in [-0.2, 0) is 0 Å². The highest BCUT2D eigenvalue weighted by Gasteiger charge is 2.30. The largest absolute Gasteiger partial charge is 0.497 e. The minimum Gasteiger partial charge on any atom is -0.497 e.